The predicted molar refractivity (Wildman–Crippen MR) is 40.0 cm³/mol. The molecule has 0 spiro atoms. The fraction of sp³-hybridized carbons (Fsp3) is 0.500. The molecule has 6 nitrogen and oxygen atoms in total. The van der Waals surface area contributed by atoms with Crippen molar-refractivity contribution in [2.45, 2.75) is 18.4 Å². The molecule has 0 bridgehead atoms. The molecule has 0 aromatic rings. The van der Waals surface area contributed by atoms with E-state index < -0.39 is 24.0 Å². The van der Waals surface area contributed by atoms with Gasteiger partial charge in [0.25, 0.3) is 0 Å². The van der Waals surface area contributed by atoms with Gasteiger partial charge in [0.15, 0.2) is 5.60 Å². The first-order chi connectivity index (χ1) is 6.10. The first-order valence-electron chi connectivity index (χ1n) is 3.57. The lowest BCUT2D eigenvalue weighted by molar-refractivity contribution is -0.153. The number of carboxylic acid groups (broad SMARTS) is 1. The van der Waals surface area contributed by atoms with Gasteiger partial charge < -0.3 is 19.2 Å². The van der Waals surface area contributed by atoms with Crippen LogP contribution in [-0.2, 0) is 23.7 Å². The molecule has 1 aliphatic heterocycles. The third-order valence-corrected chi connectivity index (χ3v) is 1.75. The monoisotopic (exact) mass is 186 g/mol. The number of carboxylic acids is 1. The second-order valence-electron chi connectivity index (χ2n) is 2.63. The fourth-order valence-corrected chi connectivity index (χ4v) is 1.10. The topological polar surface area (TPSA) is 89.9 Å². The number of carbonyl (C=O) groups is 3. The van der Waals surface area contributed by atoms with Crippen LogP contribution < -0.4 is 0 Å². The van der Waals surface area contributed by atoms with Crippen molar-refractivity contribution in [3.63, 3.8) is 0 Å². The first-order valence-corrected chi connectivity index (χ1v) is 3.57. The van der Waals surface area contributed by atoms with E-state index in [4.69, 9.17) is 9.76 Å². The molecule has 7 heteroatoms. The molecule has 1 unspecified atom stereocenters. The summed E-state index contributed by atoms with van der Waals surface area (Å²) in [4.78, 5) is 31.6. The standard InChI is InChI=1S/C6H7BO6/c8-2-1-6(3-4(9)10)5(11)12-7-13-6/h2,7H,1,3H2,(H,9,10). The van der Waals surface area contributed by atoms with E-state index in [0.717, 1.165) is 0 Å². The summed E-state index contributed by atoms with van der Waals surface area (Å²) in [5.41, 5.74) is -1.60. The number of hydrogen-bond acceptors (Lipinski definition) is 5. The summed E-state index contributed by atoms with van der Waals surface area (Å²) in [5, 5.41) is 8.48. The highest BCUT2D eigenvalue weighted by atomic mass is 16.7. The van der Waals surface area contributed by atoms with E-state index >= 15 is 0 Å². The van der Waals surface area contributed by atoms with Crippen LogP contribution in [0.5, 0.6) is 0 Å². The van der Waals surface area contributed by atoms with Gasteiger partial charge in [0.05, 0.1) is 6.42 Å². The normalized spacial score (nSPS) is 26.3. The van der Waals surface area contributed by atoms with E-state index in [1.807, 2.05) is 0 Å². The van der Waals surface area contributed by atoms with Gasteiger partial charge in [-0.2, -0.15) is 0 Å². The van der Waals surface area contributed by atoms with Crippen LogP contribution in [0.3, 0.4) is 0 Å². The van der Waals surface area contributed by atoms with Crippen molar-refractivity contribution in [2.24, 2.45) is 0 Å². The van der Waals surface area contributed by atoms with Crippen molar-refractivity contribution in [3.8, 4) is 0 Å². The highest BCUT2D eigenvalue weighted by Gasteiger charge is 2.47. The van der Waals surface area contributed by atoms with E-state index in [-0.39, 0.29) is 14.1 Å². The molecule has 0 radical (unpaired) electrons. The third kappa shape index (κ3) is 1.86. The molecular formula is C6H7BO6. The van der Waals surface area contributed by atoms with E-state index in [1.54, 1.807) is 0 Å². The SMILES string of the molecule is O=CCC1(CC(=O)O)OBOC1=O. The predicted octanol–water partition coefficient (Wildman–Crippen LogP) is -1.37. The molecule has 1 N–H and O–H groups in total. The Balaban J connectivity index is 2.79. The molecule has 1 rings (SSSR count). The Morgan fingerprint density at radius 2 is 2.38 bits per heavy atom. The molecule has 13 heavy (non-hydrogen) atoms. The van der Waals surface area contributed by atoms with Gasteiger partial charge in [-0.3, -0.25) is 9.59 Å². The number of carbonyl (C=O) groups excluding carboxylic acids is 2. The summed E-state index contributed by atoms with van der Waals surface area (Å²) in [6.07, 6.45) is -0.405. The Labute approximate surface area is 74.1 Å². The zero-order chi connectivity index (χ0) is 9.90. The second-order valence-corrected chi connectivity index (χ2v) is 2.63. The van der Waals surface area contributed by atoms with Crippen molar-refractivity contribution in [2.75, 3.05) is 0 Å². The summed E-state index contributed by atoms with van der Waals surface area (Å²) in [6.45, 7) is 0. The molecule has 0 aliphatic carbocycles. The van der Waals surface area contributed by atoms with E-state index in [1.165, 1.54) is 0 Å². The number of aliphatic carboxylic acids is 1. The average molecular weight is 186 g/mol. The molecule has 0 amide bonds. The molecule has 70 valence electrons. The molecule has 0 saturated carbocycles. The average Bonchev–Trinajstić information content (AvgIpc) is 2.32. The summed E-state index contributed by atoms with van der Waals surface area (Å²) < 4.78 is 9.26. The molecule has 0 aromatic carbocycles. The Morgan fingerprint density at radius 1 is 1.69 bits per heavy atom. The number of aldehydes is 1. The Kier molecular flexibility index (Phi) is 2.67. The molecular weight excluding hydrogens is 179 g/mol. The van der Waals surface area contributed by atoms with Gasteiger partial charge in [-0.1, -0.05) is 0 Å². The smallest absolute Gasteiger partial charge is 0.509 e. The summed E-state index contributed by atoms with van der Waals surface area (Å²) >= 11 is 0. The minimum Gasteiger partial charge on any atom is -0.510 e. The minimum atomic E-state index is -1.60. The van der Waals surface area contributed by atoms with Crippen LogP contribution in [0.25, 0.3) is 0 Å². The molecule has 1 aliphatic rings. The zero-order valence-electron chi connectivity index (χ0n) is 6.69. The Bertz CT molecular complexity index is 252. The maximum Gasteiger partial charge on any atom is 0.509 e. The van der Waals surface area contributed by atoms with Crippen molar-refractivity contribution < 1.29 is 28.8 Å². The van der Waals surface area contributed by atoms with Crippen LogP contribution in [-0.4, -0.2) is 36.6 Å². The summed E-state index contributed by atoms with van der Waals surface area (Å²) in [7, 11) is -0.292. The van der Waals surface area contributed by atoms with Gasteiger partial charge >= 0.3 is 19.6 Å². The molecule has 1 fully saturated rings. The lowest BCUT2D eigenvalue weighted by Gasteiger charge is -2.19. The second kappa shape index (κ2) is 3.57. The summed E-state index contributed by atoms with van der Waals surface area (Å²) in [5.74, 6) is -2.00. The van der Waals surface area contributed by atoms with Gasteiger partial charge in [0.2, 0.25) is 0 Å². The van der Waals surface area contributed by atoms with Gasteiger partial charge in [-0.05, 0) is 0 Å². The van der Waals surface area contributed by atoms with Gasteiger partial charge in [0.1, 0.15) is 6.29 Å². The molecule has 1 atom stereocenters. The lowest BCUT2D eigenvalue weighted by Crippen LogP contribution is -2.39. The number of rotatable bonds is 4. The largest absolute Gasteiger partial charge is 0.510 e. The van der Waals surface area contributed by atoms with Crippen LogP contribution in [0.15, 0.2) is 0 Å². The highest BCUT2D eigenvalue weighted by molar-refractivity contribution is 6.27. The van der Waals surface area contributed by atoms with Crippen LogP contribution in [0, 0.1) is 0 Å². The van der Waals surface area contributed by atoms with E-state index in [9.17, 15) is 14.4 Å². The fourth-order valence-electron chi connectivity index (χ4n) is 1.10. The van der Waals surface area contributed by atoms with E-state index in [0.29, 0.717) is 6.29 Å². The minimum absolute atomic E-state index is 0.292. The lowest BCUT2D eigenvalue weighted by atomic mass is 9.96. The summed E-state index contributed by atoms with van der Waals surface area (Å²) in [6, 6.07) is 0. The van der Waals surface area contributed by atoms with Crippen molar-refractivity contribution >= 4 is 25.9 Å². The zero-order valence-corrected chi connectivity index (χ0v) is 6.69. The maximum atomic E-state index is 11.1. The Morgan fingerprint density at radius 3 is 2.77 bits per heavy atom. The third-order valence-electron chi connectivity index (χ3n) is 1.75. The molecule has 1 heterocycles. The van der Waals surface area contributed by atoms with Gasteiger partial charge in [0, 0.05) is 6.42 Å². The van der Waals surface area contributed by atoms with Crippen LogP contribution in [0.2, 0.25) is 0 Å². The van der Waals surface area contributed by atoms with Gasteiger partial charge in [-0.15, -0.1) is 0 Å². The first kappa shape index (κ1) is 9.72. The van der Waals surface area contributed by atoms with Crippen molar-refractivity contribution in [1.29, 1.82) is 0 Å². The van der Waals surface area contributed by atoms with Crippen molar-refractivity contribution in [1.82, 2.24) is 0 Å². The maximum absolute atomic E-state index is 11.1. The van der Waals surface area contributed by atoms with Crippen LogP contribution >= 0.6 is 0 Å². The number of hydrogen-bond donors (Lipinski definition) is 1. The van der Waals surface area contributed by atoms with Crippen molar-refractivity contribution in [3.05, 3.63) is 0 Å². The van der Waals surface area contributed by atoms with E-state index in [2.05, 4.69) is 4.65 Å². The van der Waals surface area contributed by atoms with Crippen LogP contribution in [0.4, 0.5) is 0 Å². The highest BCUT2D eigenvalue weighted by Crippen LogP contribution is 2.25. The van der Waals surface area contributed by atoms with Gasteiger partial charge in [-0.25, -0.2) is 0 Å². The molecule has 0 aromatic heterocycles. The quantitative estimate of drug-likeness (QED) is 0.430. The van der Waals surface area contributed by atoms with Crippen LogP contribution in [0.1, 0.15) is 12.8 Å². The Hall–Kier alpha value is -1.37. The molecule has 1 saturated heterocycles.